The monoisotopic (exact) mass is 374 g/mol. The predicted octanol–water partition coefficient (Wildman–Crippen LogP) is 4.85. The van der Waals surface area contributed by atoms with Gasteiger partial charge in [-0.3, -0.25) is 9.78 Å². The lowest BCUT2D eigenvalue weighted by Gasteiger charge is -2.10. The fourth-order valence-corrected chi connectivity index (χ4v) is 3.43. The number of carbonyl (C=O) groups is 1. The van der Waals surface area contributed by atoms with Crippen LogP contribution in [0.25, 0.3) is 11.3 Å². The first-order valence-corrected chi connectivity index (χ1v) is 9.13. The van der Waals surface area contributed by atoms with Gasteiger partial charge in [-0.1, -0.05) is 23.7 Å². The molecular formula is C19H16ClFN2OS. The average molecular weight is 375 g/mol. The molecule has 2 heterocycles. The molecule has 1 aromatic carbocycles. The lowest BCUT2D eigenvalue weighted by molar-refractivity contribution is -0.121. The van der Waals surface area contributed by atoms with Crippen molar-refractivity contribution < 1.29 is 9.18 Å². The van der Waals surface area contributed by atoms with E-state index in [1.165, 1.54) is 6.07 Å². The molecule has 0 radical (unpaired) electrons. The Morgan fingerprint density at radius 1 is 1.24 bits per heavy atom. The first kappa shape index (κ1) is 17.6. The van der Waals surface area contributed by atoms with E-state index in [0.29, 0.717) is 17.1 Å². The van der Waals surface area contributed by atoms with E-state index in [-0.39, 0.29) is 24.6 Å². The molecule has 0 bridgehead atoms. The van der Waals surface area contributed by atoms with E-state index < -0.39 is 0 Å². The third-order valence-electron chi connectivity index (χ3n) is 3.83. The van der Waals surface area contributed by atoms with Gasteiger partial charge in [0.2, 0.25) is 5.91 Å². The zero-order valence-electron chi connectivity index (χ0n) is 13.3. The predicted molar refractivity (Wildman–Crippen MR) is 99.1 cm³/mol. The van der Waals surface area contributed by atoms with Crippen LogP contribution < -0.4 is 5.32 Å². The highest BCUT2D eigenvalue weighted by molar-refractivity contribution is 7.08. The van der Waals surface area contributed by atoms with E-state index >= 15 is 0 Å². The molecule has 0 aliphatic rings. The summed E-state index contributed by atoms with van der Waals surface area (Å²) in [6.07, 6.45) is 2.18. The quantitative estimate of drug-likeness (QED) is 0.670. The van der Waals surface area contributed by atoms with Gasteiger partial charge in [-0.25, -0.2) is 4.39 Å². The molecule has 3 nitrogen and oxygen atoms in total. The number of pyridine rings is 1. The van der Waals surface area contributed by atoms with Gasteiger partial charge in [-0.05, 0) is 41.6 Å². The Morgan fingerprint density at radius 2 is 2.12 bits per heavy atom. The smallest absolute Gasteiger partial charge is 0.220 e. The second-order valence-electron chi connectivity index (χ2n) is 5.50. The fourth-order valence-electron chi connectivity index (χ4n) is 2.53. The SMILES string of the molecule is O=C(CCc1c(F)cccc1Cl)NCc1cccnc1-c1ccsc1. The van der Waals surface area contributed by atoms with E-state index in [1.807, 2.05) is 29.0 Å². The Morgan fingerprint density at radius 3 is 2.88 bits per heavy atom. The summed E-state index contributed by atoms with van der Waals surface area (Å²) in [6.45, 7) is 0.378. The topological polar surface area (TPSA) is 42.0 Å². The van der Waals surface area contributed by atoms with Crippen molar-refractivity contribution in [1.82, 2.24) is 10.3 Å². The number of thiophene rings is 1. The molecule has 0 aliphatic carbocycles. The molecule has 1 amide bonds. The van der Waals surface area contributed by atoms with E-state index in [1.54, 1.807) is 29.7 Å². The van der Waals surface area contributed by atoms with Crippen LogP contribution in [0.5, 0.6) is 0 Å². The molecule has 0 saturated heterocycles. The molecule has 3 aromatic rings. The largest absolute Gasteiger partial charge is 0.352 e. The van der Waals surface area contributed by atoms with Crippen LogP contribution in [0.3, 0.4) is 0 Å². The Balaban J connectivity index is 1.60. The maximum atomic E-state index is 13.7. The number of halogens is 2. The minimum Gasteiger partial charge on any atom is -0.352 e. The number of benzene rings is 1. The molecule has 3 rings (SSSR count). The van der Waals surface area contributed by atoms with Crippen molar-refractivity contribution in [1.29, 1.82) is 0 Å². The van der Waals surface area contributed by atoms with Gasteiger partial charge in [0.1, 0.15) is 5.82 Å². The number of amides is 1. The van der Waals surface area contributed by atoms with Gasteiger partial charge in [0.15, 0.2) is 0 Å². The summed E-state index contributed by atoms with van der Waals surface area (Å²) >= 11 is 7.59. The van der Waals surface area contributed by atoms with Crippen LogP contribution in [0.1, 0.15) is 17.5 Å². The van der Waals surface area contributed by atoms with Gasteiger partial charge < -0.3 is 5.32 Å². The summed E-state index contributed by atoms with van der Waals surface area (Å²) < 4.78 is 13.7. The molecule has 1 N–H and O–H groups in total. The summed E-state index contributed by atoms with van der Waals surface area (Å²) in [7, 11) is 0. The second-order valence-corrected chi connectivity index (χ2v) is 6.69. The molecule has 6 heteroatoms. The van der Waals surface area contributed by atoms with Gasteiger partial charge in [0, 0.05) is 40.7 Å². The summed E-state index contributed by atoms with van der Waals surface area (Å²) in [4.78, 5) is 16.5. The van der Waals surface area contributed by atoms with Crippen molar-refractivity contribution in [3.8, 4) is 11.3 Å². The van der Waals surface area contributed by atoms with E-state index in [2.05, 4.69) is 10.3 Å². The van der Waals surface area contributed by atoms with Crippen molar-refractivity contribution in [2.24, 2.45) is 0 Å². The number of nitrogens with zero attached hydrogens (tertiary/aromatic N) is 1. The Hall–Kier alpha value is -2.24. The molecule has 25 heavy (non-hydrogen) atoms. The van der Waals surface area contributed by atoms with Gasteiger partial charge in [0.05, 0.1) is 5.69 Å². The molecule has 0 spiro atoms. The maximum Gasteiger partial charge on any atom is 0.220 e. The maximum absolute atomic E-state index is 13.7. The van der Waals surface area contributed by atoms with Crippen LogP contribution in [0.4, 0.5) is 4.39 Å². The van der Waals surface area contributed by atoms with Crippen molar-refractivity contribution in [2.75, 3.05) is 0 Å². The number of aromatic nitrogens is 1. The zero-order chi connectivity index (χ0) is 17.6. The normalized spacial score (nSPS) is 10.6. The van der Waals surface area contributed by atoms with Gasteiger partial charge in [-0.2, -0.15) is 11.3 Å². The zero-order valence-corrected chi connectivity index (χ0v) is 14.9. The van der Waals surface area contributed by atoms with Crippen molar-refractivity contribution in [2.45, 2.75) is 19.4 Å². The Labute approximate surface area is 154 Å². The van der Waals surface area contributed by atoms with Gasteiger partial charge in [-0.15, -0.1) is 0 Å². The molecule has 0 fully saturated rings. The Bertz CT molecular complexity index is 847. The first-order chi connectivity index (χ1) is 12.1. The molecule has 0 aliphatic heterocycles. The van der Waals surface area contributed by atoms with Crippen LogP contribution in [0, 0.1) is 5.82 Å². The van der Waals surface area contributed by atoms with Crippen LogP contribution in [0.15, 0.2) is 53.4 Å². The summed E-state index contributed by atoms with van der Waals surface area (Å²) in [5.74, 6) is -0.535. The highest BCUT2D eigenvalue weighted by atomic mass is 35.5. The molecule has 0 saturated carbocycles. The lowest BCUT2D eigenvalue weighted by atomic mass is 10.1. The minimum absolute atomic E-state index is 0.153. The molecule has 0 unspecified atom stereocenters. The Kier molecular flexibility index (Phi) is 5.79. The standard InChI is InChI=1S/C19H16ClFN2OS/c20-16-4-1-5-17(21)15(16)6-7-18(24)23-11-13-3-2-9-22-19(13)14-8-10-25-12-14/h1-5,8-10,12H,6-7,11H2,(H,23,24). The highest BCUT2D eigenvalue weighted by Gasteiger charge is 2.11. The molecular weight excluding hydrogens is 359 g/mol. The first-order valence-electron chi connectivity index (χ1n) is 7.81. The van der Waals surface area contributed by atoms with Crippen molar-refractivity contribution in [3.05, 3.63) is 75.3 Å². The fraction of sp³-hybridized carbons (Fsp3) is 0.158. The summed E-state index contributed by atoms with van der Waals surface area (Å²) in [5.41, 5.74) is 3.21. The van der Waals surface area contributed by atoms with E-state index in [0.717, 1.165) is 16.8 Å². The van der Waals surface area contributed by atoms with Gasteiger partial charge >= 0.3 is 0 Å². The minimum atomic E-state index is -0.382. The van der Waals surface area contributed by atoms with Crippen molar-refractivity contribution >= 4 is 28.8 Å². The lowest BCUT2D eigenvalue weighted by Crippen LogP contribution is -2.23. The van der Waals surface area contributed by atoms with Crippen LogP contribution >= 0.6 is 22.9 Å². The number of hydrogen-bond donors (Lipinski definition) is 1. The highest BCUT2D eigenvalue weighted by Crippen LogP contribution is 2.23. The molecule has 0 atom stereocenters. The second kappa shape index (κ2) is 8.23. The number of rotatable bonds is 6. The third-order valence-corrected chi connectivity index (χ3v) is 4.86. The van der Waals surface area contributed by atoms with Crippen LogP contribution in [-0.2, 0) is 17.8 Å². The van der Waals surface area contributed by atoms with E-state index in [9.17, 15) is 9.18 Å². The molecule has 128 valence electrons. The molecule has 2 aromatic heterocycles. The third kappa shape index (κ3) is 4.44. The number of carbonyl (C=O) groups excluding carboxylic acids is 1. The van der Waals surface area contributed by atoms with E-state index in [4.69, 9.17) is 11.6 Å². The number of hydrogen-bond acceptors (Lipinski definition) is 3. The average Bonchev–Trinajstić information content (AvgIpc) is 3.14. The van der Waals surface area contributed by atoms with Crippen LogP contribution in [0.2, 0.25) is 5.02 Å². The van der Waals surface area contributed by atoms with Gasteiger partial charge in [0.25, 0.3) is 0 Å². The van der Waals surface area contributed by atoms with Crippen LogP contribution in [-0.4, -0.2) is 10.9 Å². The van der Waals surface area contributed by atoms with Crippen molar-refractivity contribution in [3.63, 3.8) is 0 Å². The summed E-state index contributed by atoms with van der Waals surface area (Å²) in [6, 6.07) is 10.3. The summed E-state index contributed by atoms with van der Waals surface area (Å²) in [5, 5.41) is 7.23. The number of nitrogens with one attached hydrogen (secondary N) is 1.